The van der Waals surface area contributed by atoms with E-state index in [2.05, 4.69) is 10.1 Å². The average Bonchev–Trinajstić information content (AvgIpc) is 2.50. The second-order valence-corrected chi connectivity index (χ2v) is 4.02. The van der Waals surface area contributed by atoms with E-state index in [1.165, 1.54) is 42.6 Å². The molecule has 6 nitrogen and oxygen atoms in total. The fraction of sp³-hybridized carbons (Fsp3) is 0.0714. The summed E-state index contributed by atoms with van der Waals surface area (Å²) >= 11 is 0. The lowest BCUT2D eigenvalue weighted by Gasteiger charge is -2.07. The van der Waals surface area contributed by atoms with Crippen LogP contribution in [0.1, 0.15) is 16.1 Å². The Kier molecular flexibility index (Phi) is 4.45. The van der Waals surface area contributed by atoms with Gasteiger partial charge in [0.1, 0.15) is 23.9 Å². The van der Waals surface area contributed by atoms with Gasteiger partial charge in [-0.3, -0.25) is 4.98 Å². The van der Waals surface area contributed by atoms with E-state index in [1.54, 1.807) is 0 Å². The van der Waals surface area contributed by atoms with E-state index < -0.39 is 11.8 Å². The Bertz CT molecular complexity index is 671. The number of oxime groups is 1. The minimum absolute atomic E-state index is 0.0166. The van der Waals surface area contributed by atoms with Crippen LogP contribution in [0.3, 0.4) is 0 Å². The molecule has 21 heavy (non-hydrogen) atoms. The van der Waals surface area contributed by atoms with Crippen molar-refractivity contribution in [1.29, 1.82) is 0 Å². The Balaban J connectivity index is 2.11. The van der Waals surface area contributed by atoms with E-state index in [-0.39, 0.29) is 23.6 Å². The van der Waals surface area contributed by atoms with Gasteiger partial charge in [-0.15, -0.1) is 0 Å². The predicted molar refractivity (Wildman–Crippen MR) is 71.4 cm³/mol. The van der Waals surface area contributed by atoms with Crippen molar-refractivity contribution >= 4 is 11.7 Å². The number of carbonyl (C=O) groups is 1. The smallest absolute Gasteiger partial charge is 0.335 e. The third-order valence-corrected chi connectivity index (χ3v) is 2.61. The normalized spacial score (nSPS) is 11.2. The van der Waals surface area contributed by atoms with E-state index in [4.69, 9.17) is 15.1 Å². The van der Waals surface area contributed by atoms with Crippen molar-refractivity contribution in [3.8, 4) is 5.75 Å². The standard InChI is InChI=1S/C14H11FN2O4/c15-10-1-3-11(4-2-10)21-8-13(17-20)12-7-9(14(18)19)5-6-16-12/h1-7,20H,8H2,(H,18,19)/b17-13+. The molecule has 1 heterocycles. The Labute approximate surface area is 119 Å². The Morgan fingerprint density at radius 2 is 2.00 bits per heavy atom. The monoisotopic (exact) mass is 290 g/mol. The molecule has 0 spiro atoms. The predicted octanol–water partition coefficient (Wildman–Crippen LogP) is 2.18. The quantitative estimate of drug-likeness (QED) is 0.500. The number of aromatic nitrogens is 1. The maximum Gasteiger partial charge on any atom is 0.335 e. The van der Waals surface area contributed by atoms with Crippen molar-refractivity contribution in [3.63, 3.8) is 0 Å². The molecular weight excluding hydrogens is 279 g/mol. The molecule has 0 aliphatic heterocycles. The highest BCUT2D eigenvalue weighted by Crippen LogP contribution is 2.12. The van der Waals surface area contributed by atoms with Crippen molar-refractivity contribution in [2.45, 2.75) is 0 Å². The molecule has 0 aliphatic carbocycles. The van der Waals surface area contributed by atoms with Crippen molar-refractivity contribution in [3.05, 3.63) is 59.7 Å². The molecule has 0 fully saturated rings. The number of aromatic carboxylic acids is 1. The van der Waals surface area contributed by atoms with E-state index in [0.29, 0.717) is 5.75 Å². The highest BCUT2D eigenvalue weighted by Gasteiger charge is 2.11. The molecule has 0 aliphatic rings. The largest absolute Gasteiger partial charge is 0.487 e. The number of benzene rings is 1. The van der Waals surface area contributed by atoms with Gasteiger partial charge >= 0.3 is 5.97 Å². The summed E-state index contributed by atoms with van der Waals surface area (Å²) < 4.78 is 18.1. The number of halogens is 1. The van der Waals surface area contributed by atoms with Gasteiger partial charge in [-0.25, -0.2) is 9.18 Å². The summed E-state index contributed by atoms with van der Waals surface area (Å²) in [6.45, 7) is -0.141. The molecule has 0 saturated heterocycles. The van der Waals surface area contributed by atoms with Crippen LogP contribution in [-0.2, 0) is 0 Å². The van der Waals surface area contributed by atoms with Crippen LogP contribution >= 0.6 is 0 Å². The van der Waals surface area contributed by atoms with Crippen LogP contribution in [0.5, 0.6) is 5.75 Å². The maximum atomic E-state index is 12.8. The Hall–Kier alpha value is -2.96. The van der Waals surface area contributed by atoms with Gasteiger partial charge in [0.05, 0.1) is 11.3 Å². The summed E-state index contributed by atoms with van der Waals surface area (Å²) in [4.78, 5) is 14.8. The molecule has 7 heteroatoms. The first-order valence-electron chi connectivity index (χ1n) is 5.89. The SMILES string of the molecule is O=C(O)c1ccnc(/C(COc2ccc(F)cc2)=N/O)c1. The average molecular weight is 290 g/mol. The molecule has 2 rings (SSSR count). The lowest BCUT2D eigenvalue weighted by atomic mass is 10.2. The van der Waals surface area contributed by atoms with Gasteiger partial charge in [-0.2, -0.15) is 0 Å². The molecule has 0 bridgehead atoms. The number of rotatable bonds is 5. The Morgan fingerprint density at radius 3 is 2.62 bits per heavy atom. The van der Waals surface area contributed by atoms with Crippen molar-refractivity contribution < 1.29 is 24.2 Å². The van der Waals surface area contributed by atoms with Gasteiger partial charge in [0.2, 0.25) is 0 Å². The summed E-state index contributed by atoms with van der Waals surface area (Å²) in [7, 11) is 0. The molecule has 2 N–H and O–H groups in total. The minimum Gasteiger partial charge on any atom is -0.487 e. The van der Waals surface area contributed by atoms with Gasteiger partial charge in [0, 0.05) is 6.20 Å². The number of nitrogens with zero attached hydrogens (tertiary/aromatic N) is 2. The summed E-state index contributed by atoms with van der Waals surface area (Å²) in [5, 5.41) is 20.9. The molecular formula is C14H11FN2O4. The topological polar surface area (TPSA) is 92.0 Å². The van der Waals surface area contributed by atoms with Gasteiger partial charge < -0.3 is 15.1 Å². The molecule has 1 aromatic carbocycles. The lowest BCUT2D eigenvalue weighted by Crippen LogP contribution is -2.15. The third kappa shape index (κ3) is 3.75. The van der Waals surface area contributed by atoms with E-state index in [0.717, 1.165) is 0 Å². The van der Waals surface area contributed by atoms with Gasteiger partial charge in [-0.1, -0.05) is 5.16 Å². The third-order valence-electron chi connectivity index (χ3n) is 2.61. The first kappa shape index (κ1) is 14.4. The van der Waals surface area contributed by atoms with Crippen LogP contribution in [0, 0.1) is 5.82 Å². The molecule has 1 aromatic heterocycles. The number of hydrogen-bond acceptors (Lipinski definition) is 5. The van der Waals surface area contributed by atoms with E-state index in [1.807, 2.05) is 0 Å². The van der Waals surface area contributed by atoms with Crippen molar-refractivity contribution in [2.75, 3.05) is 6.61 Å². The summed E-state index contributed by atoms with van der Waals surface area (Å²) in [5.41, 5.74) is 0.255. The number of pyridine rings is 1. The molecule has 0 radical (unpaired) electrons. The first-order chi connectivity index (χ1) is 10.1. The maximum absolute atomic E-state index is 12.8. The fourth-order valence-electron chi connectivity index (χ4n) is 1.56. The number of ether oxygens (including phenoxy) is 1. The highest BCUT2D eigenvalue weighted by atomic mass is 19.1. The molecule has 0 unspecified atom stereocenters. The fourth-order valence-corrected chi connectivity index (χ4v) is 1.56. The van der Waals surface area contributed by atoms with Gasteiger partial charge in [0.15, 0.2) is 0 Å². The van der Waals surface area contributed by atoms with Crippen molar-refractivity contribution in [1.82, 2.24) is 4.98 Å². The molecule has 2 aromatic rings. The second kappa shape index (κ2) is 6.47. The summed E-state index contributed by atoms with van der Waals surface area (Å²) in [5.74, 6) is -1.13. The highest BCUT2D eigenvalue weighted by molar-refractivity contribution is 6.01. The van der Waals surface area contributed by atoms with Crippen LogP contribution in [-0.4, -0.2) is 33.6 Å². The van der Waals surface area contributed by atoms with Crippen LogP contribution < -0.4 is 4.74 Å². The summed E-state index contributed by atoms with van der Waals surface area (Å²) in [6, 6.07) is 7.90. The van der Waals surface area contributed by atoms with Gasteiger partial charge in [-0.05, 0) is 36.4 Å². The summed E-state index contributed by atoms with van der Waals surface area (Å²) in [6.07, 6.45) is 1.29. The van der Waals surface area contributed by atoms with Crippen molar-refractivity contribution in [2.24, 2.45) is 5.16 Å². The molecule has 0 atom stereocenters. The van der Waals surface area contributed by atoms with Crippen LogP contribution in [0.4, 0.5) is 4.39 Å². The van der Waals surface area contributed by atoms with Crippen LogP contribution in [0.25, 0.3) is 0 Å². The van der Waals surface area contributed by atoms with Crippen LogP contribution in [0.2, 0.25) is 0 Å². The molecule has 108 valence electrons. The zero-order valence-electron chi connectivity index (χ0n) is 10.7. The Morgan fingerprint density at radius 1 is 1.29 bits per heavy atom. The van der Waals surface area contributed by atoms with Gasteiger partial charge in [0.25, 0.3) is 0 Å². The number of hydrogen-bond donors (Lipinski definition) is 2. The second-order valence-electron chi connectivity index (χ2n) is 4.02. The number of carboxylic acids is 1. The first-order valence-corrected chi connectivity index (χ1v) is 5.89. The molecule has 0 saturated carbocycles. The van der Waals surface area contributed by atoms with E-state index in [9.17, 15) is 9.18 Å². The minimum atomic E-state index is -1.12. The molecule has 0 amide bonds. The van der Waals surface area contributed by atoms with E-state index >= 15 is 0 Å². The zero-order valence-corrected chi connectivity index (χ0v) is 10.7. The lowest BCUT2D eigenvalue weighted by molar-refractivity contribution is 0.0696. The number of carboxylic acid groups (broad SMARTS) is 1. The zero-order chi connectivity index (χ0) is 15.2. The van der Waals surface area contributed by atoms with Crippen LogP contribution in [0.15, 0.2) is 47.8 Å².